The Morgan fingerprint density at radius 2 is 1.73 bits per heavy atom. The maximum atomic E-state index is 12.2. The van der Waals surface area contributed by atoms with Gasteiger partial charge < -0.3 is 4.74 Å². The molecule has 0 fully saturated rings. The normalized spacial score (nSPS) is 12.9. The topological polar surface area (TPSA) is 72.5 Å². The average Bonchev–Trinajstić information content (AvgIpc) is 2.74. The molecular weight excluding hydrogens is 434 g/mol. The van der Waals surface area contributed by atoms with Crippen molar-refractivity contribution in [2.45, 2.75) is 73.6 Å². The number of sulfonamides is 1. The second-order valence-electron chi connectivity index (χ2n) is 9.79. The van der Waals surface area contributed by atoms with Crippen LogP contribution in [0.1, 0.15) is 75.6 Å². The molecule has 0 saturated heterocycles. The summed E-state index contributed by atoms with van der Waals surface area (Å²) in [6, 6.07) is 12.2. The number of rotatable bonds is 11. The predicted octanol–water partition coefficient (Wildman–Crippen LogP) is 6.19. The maximum Gasteiger partial charge on any atom is 0.232 e. The van der Waals surface area contributed by atoms with Gasteiger partial charge in [0.05, 0.1) is 11.4 Å². The SMILES string of the molecule is CCC(CCc1ccc(NS(=O)(=O)CC)c(C)c1)c1ccc(OCC(=O)C(C)(C)C)c(C)c1. The number of aryl methyl sites for hydroxylation is 3. The molecule has 0 amide bonds. The van der Waals surface area contributed by atoms with Crippen molar-refractivity contribution in [2.24, 2.45) is 5.41 Å². The van der Waals surface area contributed by atoms with Gasteiger partial charge in [0.1, 0.15) is 12.4 Å². The van der Waals surface area contributed by atoms with Crippen LogP contribution in [0.25, 0.3) is 0 Å². The van der Waals surface area contributed by atoms with Crippen LogP contribution in [-0.2, 0) is 21.2 Å². The predicted molar refractivity (Wildman–Crippen MR) is 137 cm³/mol. The van der Waals surface area contributed by atoms with E-state index in [1.54, 1.807) is 6.92 Å². The fourth-order valence-corrected chi connectivity index (χ4v) is 4.34. The van der Waals surface area contributed by atoms with E-state index >= 15 is 0 Å². The number of nitrogens with one attached hydrogen (secondary N) is 1. The third-order valence-corrected chi connectivity index (χ3v) is 7.37. The highest BCUT2D eigenvalue weighted by Gasteiger charge is 2.22. The Labute approximate surface area is 200 Å². The Hall–Kier alpha value is -2.34. The molecule has 0 heterocycles. The largest absolute Gasteiger partial charge is 0.486 e. The van der Waals surface area contributed by atoms with E-state index < -0.39 is 15.4 Å². The van der Waals surface area contributed by atoms with Crippen molar-refractivity contribution >= 4 is 21.5 Å². The molecular formula is C27H39NO4S. The van der Waals surface area contributed by atoms with Gasteiger partial charge >= 0.3 is 0 Å². The third kappa shape index (κ3) is 7.88. The van der Waals surface area contributed by atoms with Crippen molar-refractivity contribution in [1.82, 2.24) is 0 Å². The standard InChI is InChI=1S/C27H39NO4S/c1-8-22(12-10-21-11-14-24(19(3)16-21)28-33(30,31)9-2)23-13-15-25(20(4)17-23)32-18-26(29)27(5,6)7/h11,13-17,22,28H,8-10,12,18H2,1-7H3. The second-order valence-corrected chi connectivity index (χ2v) is 11.8. The maximum absolute atomic E-state index is 12.2. The first-order chi connectivity index (χ1) is 15.4. The highest BCUT2D eigenvalue weighted by atomic mass is 32.2. The fourth-order valence-electron chi connectivity index (χ4n) is 3.63. The van der Waals surface area contributed by atoms with Gasteiger partial charge in [-0.3, -0.25) is 9.52 Å². The van der Waals surface area contributed by atoms with E-state index in [0.29, 0.717) is 11.6 Å². The Bertz CT molecular complexity index is 1070. The molecule has 6 heteroatoms. The van der Waals surface area contributed by atoms with Gasteiger partial charge in [0.2, 0.25) is 10.0 Å². The first kappa shape index (κ1) is 26.9. The number of carbonyl (C=O) groups is 1. The summed E-state index contributed by atoms with van der Waals surface area (Å²) >= 11 is 0. The van der Waals surface area contributed by atoms with Crippen LogP contribution in [0, 0.1) is 19.3 Å². The fraction of sp³-hybridized carbons (Fsp3) is 0.519. The number of ether oxygens (including phenoxy) is 1. The van der Waals surface area contributed by atoms with Crippen LogP contribution in [0.15, 0.2) is 36.4 Å². The van der Waals surface area contributed by atoms with Crippen LogP contribution in [0.5, 0.6) is 5.75 Å². The summed E-state index contributed by atoms with van der Waals surface area (Å²) in [6.07, 6.45) is 2.94. The Balaban J connectivity index is 2.04. The lowest BCUT2D eigenvalue weighted by atomic mass is 9.89. The Morgan fingerprint density at radius 1 is 1.03 bits per heavy atom. The number of anilines is 1. The number of carbonyl (C=O) groups excluding carboxylic acids is 1. The molecule has 2 aromatic carbocycles. The molecule has 1 N–H and O–H groups in total. The van der Waals surface area contributed by atoms with Gasteiger partial charge in [-0.1, -0.05) is 52.0 Å². The average molecular weight is 474 g/mol. The number of Topliss-reactive ketones (excluding diaryl/α,β-unsaturated/α-hetero) is 1. The first-order valence-electron chi connectivity index (χ1n) is 11.7. The van der Waals surface area contributed by atoms with Gasteiger partial charge in [0.25, 0.3) is 0 Å². The van der Waals surface area contributed by atoms with Crippen molar-refractivity contribution < 1.29 is 17.9 Å². The smallest absolute Gasteiger partial charge is 0.232 e. The molecule has 5 nitrogen and oxygen atoms in total. The molecule has 0 bridgehead atoms. The number of benzene rings is 2. The number of hydrogen-bond acceptors (Lipinski definition) is 4. The van der Waals surface area contributed by atoms with E-state index in [0.717, 1.165) is 36.1 Å². The summed E-state index contributed by atoms with van der Waals surface area (Å²) < 4.78 is 32.1. The zero-order valence-electron chi connectivity index (χ0n) is 21.1. The molecule has 182 valence electrons. The second kappa shape index (κ2) is 11.2. The van der Waals surface area contributed by atoms with Gasteiger partial charge in [-0.25, -0.2) is 8.42 Å². The summed E-state index contributed by atoms with van der Waals surface area (Å²) in [5.41, 5.74) is 4.67. The lowest BCUT2D eigenvalue weighted by Gasteiger charge is -2.20. The van der Waals surface area contributed by atoms with Crippen LogP contribution in [0.2, 0.25) is 0 Å². The summed E-state index contributed by atoms with van der Waals surface area (Å²) in [5.74, 6) is 1.31. The van der Waals surface area contributed by atoms with Gasteiger partial charge in [-0.2, -0.15) is 0 Å². The van der Waals surface area contributed by atoms with Gasteiger partial charge in [0, 0.05) is 5.41 Å². The monoisotopic (exact) mass is 473 g/mol. The van der Waals surface area contributed by atoms with Crippen molar-refractivity contribution in [3.05, 3.63) is 58.7 Å². The van der Waals surface area contributed by atoms with Crippen LogP contribution in [0.3, 0.4) is 0 Å². The summed E-state index contributed by atoms with van der Waals surface area (Å²) in [4.78, 5) is 12.2. The molecule has 0 radical (unpaired) electrons. The van der Waals surface area contributed by atoms with Crippen LogP contribution < -0.4 is 9.46 Å². The van der Waals surface area contributed by atoms with E-state index in [-0.39, 0.29) is 18.1 Å². The molecule has 0 aliphatic carbocycles. The highest BCUT2D eigenvalue weighted by Crippen LogP contribution is 2.30. The molecule has 0 spiro atoms. The minimum Gasteiger partial charge on any atom is -0.486 e. The van der Waals surface area contributed by atoms with Crippen molar-refractivity contribution in [2.75, 3.05) is 17.1 Å². The molecule has 33 heavy (non-hydrogen) atoms. The molecule has 2 aromatic rings. The van der Waals surface area contributed by atoms with Crippen LogP contribution in [0.4, 0.5) is 5.69 Å². The third-order valence-electron chi connectivity index (χ3n) is 6.08. The van der Waals surface area contributed by atoms with Crippen molar-refractivity contribution in [3.63, 3.8) is 0 Å². The number of ketones is 1. The molecule has 0 aliphatic rings. The van der Waals surface area contributed by atoms with E-state index in [1.807, 2.05) is 52.8 Å². The summed E-state index contributed by atoms with van der Waals surface area (Å²) in [6.45, 7) is 13.6. The van der Waals surface area contributed by atoms with E-state index in [1.165, 1.54) is 11.1 Å². The Kier molecular flexibility index (Phi) is 9.12. The minimum absolute atomic E-state index is 0.0581. The van der Waals surface area contributed by atoms with Crippen molar-refractivity contribution in [1.29, 1.82) is 0 Å². The van der Waals surface area contributed by atoms with Crippen LogP contribution >= 0.6 is 0 Å². The lowest BCUT2D eigenvalue weighted by molar-refractivity contribution is -0.128. The zero-order chi connectivity index (χ0) is 24.8. The molecule has 1 atom stereocenters. The highest BCUT2D eigenvalue weighted by molar-refractivity contribution is 7.92. The van der Waals surface area contributed by atoms with Gasteiger partial charge in [0.15, 0.2) is 5.78 Å². The van der Waals surface area contributed by atoms with Crippen molar-refractivity contribution in [3.8, 4) is 5.75 Å². The molecule has 0 aromatic heterocycles. The van der Waals surface area contributed by atoms with Crippen LogP contribution in [-0.4, -0.2) is 26.6 Å². The summed E-state index contributed by atoms with van der Waals surface area (Å²) in [5, 5.41) is 0. The quantitative estimate of drug-likeness (QED) is 0.423. The van der Waals surface area contributed by atoms with E-state index in [9.17, 15) is 13.2 Å². The zero-order valence-corrected chi connectivity index (χ0v) is 21.9. The van der Waals surface area contributed by atoms with Gasteiger partial charge in [-0.05, 0) is 80.3 Å². The van der Waals surface area contributed by atoms with E-state index in [4.69, 9.17) is 4.74 Å². The Morgan fingerprint density at radius 3 is 2.27 bits per heavy atom. The molecule has 0 aliphatic heterocycles. The first-order valence-corrected chi connectivity index (χ1v) is 13.4. The summed E-state index contributed by atoms with van der Waals surface area (Å²) in [7, 11) is -3.28. The van der Waals surface area contributed by atoms with E-state index in [2.05, 4.69) is 29.8 Å². The minimum atomic E-state index is -3.28. The molecule has 0 saturated carbocycles. The number of hydrogen-bond donors (Lipinski definition) is 1. The molecule has 2 rings (SSSR count). The molecule has 1 unspecified atom stereocenters. The van der Waals surface area contributed by atoms with Gasteiger partial charge in [-0.15, -0.1) is 0 Å². The lowest BCUT2D eigenvalue weighted by Crippen LogP contribution is -2.26.